The molecule has 2 N–H and O–H groups in total. The summed E-state index contributed by atoms with van der Waals surface area (Å²) >= 11 is 0. The predicted molar refractivity (Wildman–Crippen MR) is 131 cm³/mol. The molecule has 6 nitrogen and oxygen atoms in total. The molecule has 3 aromatic rings. The Kier molecular flexibility index (Phi) is 4.14. The highest BCUT2D eigenvalue weighted by atomic mass is 19.3. The summed E-state index contributed by atoms with van der Waals surface area (Å²) in [6.45, 7) is -1.75. The maximum Gasteiger partial charge on any atom is 0.586 e. The molecule has 0 spiro atoms. The van der Waals surface area contributed by atoms with Gasteiger partial charge in [-0.05, 0) is 60.6 Å². The molecule has 2 aromatic carbocycles. The monoisotopic (exact) mass is 525 g/mol. The Balaban J connectivity index is 1.59. The zero-order valence-corrected chi connectivity index (χ0v) is 20.0. The number of aliphatic hydroxyl groups excluding tert-OH is 2. The van der Waals surface area contributed by atoms with Crippen LogP contribution in [0.2, 0.25) is 0 Å². The van der Waals surface area contributed by atoms with Gasteiger partial charge < -0.3 is 24.3 Å². The summed E-state index contributed by atoms with van der Waals surface area (Å²) in [7, 11) is 0. The van der Waals surface area contributed by atoms with Crippen LogP contribution in [0.3, 0.4) is 0 Å². The maximum absolute atomic E-state index is 15.7. The number of rotatable bonds is 9. The van der Waals surface area contributed by atoms with Crippen molar-refractivity contribution in [2.45, 2.75) is 76.1 Å². The van der Waals surface area contributed by atoms with E-state index in [1.807, 2.05) is 0 Å². The number of carbonyl (C=O) groups is 1. The van der Waals surface area contributed by atoms with E-state index in [1.54, 1.807) is 0 Å². The van der Waals surface area contributed by atoms with E-state index in [9.17, 15) is 23.8 Å². The number of hydrogen-bond donors (Lipinski definition) is 2. The number of aromatic nitrogens is 1. The maximum atomic E-state index is 15.7. The largest absolute Gasteiger partial charge is 0.586 e. The third-order valence-electron chi connectivity index (χ3n) is 6.99. The molecule has 198 valence electrons. The molecule has 1 aliphatic heterocycles. The lowest BCUT2D eigenvalue weighted by molar-refractivity contribution is -0.286. The third kappa shape index (κ3) is 4.48. The van der Waals surface area contributed by atoms with E-state index in [1.165, 1.54) is 23.6 Å². The van der Waals surface area contributed by atoms with Crippen molar-refractivity contribution in [1.82, 2.24) is 4.57 Å². The minimum atomic E-state index is -4.16. The zero-order chi connectivity index (χ0) is 33.7. The molecule has 1 unspecified atom stereocenters. The third-order valence-corrected chi connectivity index (χ3v) is 6.99. The highest BCUT2D eigenvalue weighted by molar-refractivity contribution is 5.95. The minimum absolute atomic E-state index is 0.0736. The molecular formula is C28H30F3NO5. The highest BCUT2D eigenvalue weighted by Crippen LogP contribution is 2.52. The number of Topliss-reactive ketones (excluding diaryl/α,β-unsaturated/α-hetero) is 1. The Hall–Kier alpha value is -3.04. The number of benzene rings is 2. The second-order valence-electron chi connectivity index (χ2n) is 9.61. The molecule has 2 aliphatic rings. The molecule has 1 aromatic heterocycles. The summed E-state index contributed by atoms with van der Waals surface area (Å²) < 4.78 is 119. The molecule has 37 heavy (non-hydrogen) atoms. The van der Waals surface area contributed by atoms with Crippen LogP contribution in [-0.4, -0.2) is 39.6 Å². The Morgan fingerprint density at radius 1 is 1.30 bits per heavy atom. The van der Waals surface area contributed by atoms with E-state index in [4.69, 9.17) is 11.0 Å². The molecule has 0 radical (unpaired) electrons. The normalized spacial score (nSPS) is 23.4. The predicted octanol–water partition coefficient (Wildman–Crippen LogP) is 4.99. The van der Waals surface area contributed by atoms with Crippen molar-refractivity contribution in [3.8, 4) is 11.5 Å². The molecule has 1 fully saturated rings. The fraction of sp³-hybridized carbons (Fsp3) is 0.464. The fourth-order valence-electron chi connectivity index (χ4n) is 4.63. The lowest BCUT2D eigenvalue weighted by atomic mass is 9.86. The number of ether oxygens (including phenoxy) is 2. The number of ketones is 1. The zero-order valence-electron chi connectivity index (χ0n) is 28.0. The summed E-state index contributed by atoms with van der Waals surface area (Å²) in [6.07, 6.45) is -8.28. The van der Waals surface area contributed by atoms with Gasteiger partial charge >= 0.3 is 6.29 Å². The van der Waals surface area contributed by atoms with Crippen molar-refractivity contribution in [2.75, 3.05) is 6.61 Å². The van der Waals surface area contributed by atoms with E-state index < -0.39 is 97.3 Å². The summed E-state index contributed by atoms with van der Waals surface area (Å²) in [4.78, 5) is 13.7. The van der Waals surface area contributed by atoms with Crippen LogP contribution >= 0.6 is 0 Å². The van der Waals surface area contributed by atoms with Crippen LogP contribution in [0.1, 0.15) is 67.7 Å². The molecular weight excluding hydrogens is 487 g/mol. The molecule has 5 rings (SSSR count). The number of halogens is 3. The first-order valence-electron chi connectivity index (χ1n) is 15.6. The van der Waals surface area contributed by atoms with Gasteiger partial charge in [0.2, 0.25) is 0 Å². The molecule has 0 amide bonds. The number of hydrogen-bond acceptors (Lipinski definition) is 5. The Morgan fingerprint density at radius 3 is 2.68 bits per heavy atom. The first-order valence-corrected chi connectivity index (χ1v) is 11.6. The van der Waals surface area contributed by atoms with Gasteiger partial charge in [-0.2, -0.15) is 0 Å². The molecule has 9 heteroatoms. The van der Waals surface area contributed by atoms with Gasteiger partial charge in [-0.1, -0.05) is 26.7 Å². The first kappa shape index (κ1) is 17.5. The van der Waals surface area contributed by atoms with Gasteiger partial charge in [0.1, 0.15) is 11.6 Å². The van der Waals surface area contributed by atoms with Crippen molar-refractivity contribution in [3.05, 3.63) is 59.0 Å². The lowest BCUT2D eigenvalue weighted by Crippen LogP contribution is -2.26. The van der Waals surface area contributed by atoms with Gasteiger partial charge in [-0.15, -0.1) is 8.78 Å². The Bertz CT molecular complexity index is 1700. The molecule has 0 bridgehead atoms. The van der Waals surface area contributed by atoms with Gasteiger partial charge in [0.05, 0.1) is 34.3 Å². The minimum Gasteiger partial charge on any atom is -0.395 e. The highest BCUT2D eigenvalue weighted by Gasteiger charge is 2.52. The van der Waals surface area contributed by atoms with Crippen molar-refractivity contribution in [1.29, 1.82) is 0 Å². The SMILES string of the molecule is [2H]c1c([2H])c(C2(C(=O)Cc3cc4cc(C(C)(C([2H])([2H])[2H])C([2H])([2H])C)n(C[C@@H](O)CO)c4cc3F)CC2)c([2H])c2c1OC(F)(F)O2. The molecule has 0 saturated heterocycles. The molecule has 2 atom stereocenters. The summed E-state index contributed by atoms with van der Waals surface area (Å²) in [5, 5.41) is 19.9. The van der Waals surface area contributed by atoms with Gasteiger partial charge in [0.25, 0.3) is 0 Å². The van der Waals surface area contributed by atoms with Crippen LogP contribution in [-0.2, 0) is 28.6 Å². The summed E-state index contributed by atoms with van der Waals surface area (Å²) in [5.74, 6) is -3.12. The van der Waals surface area contributed by atoms with E-state index in [-0.39, 0.29) is 40.6 Å². The standard InChI is InChI=1S/C28H30F3NO5/c1-4-26(2,3)24-10-17-9-16(20(29)13-21(17)32(24)14-19(34)15-33)11-25(35)27(7-8-27)18-5-6-22-23(12-18)37-28(30,31)36-22/h5-6,9-10,12-13,19,33-34H,4,7-8,11,14-15H2,1-3H3/t19-/m1/s1/i2D3,4D2,5D,6D,12D/t19-,26?. The number of fused-ring (bicyclic) bond motifs is 2. The van der Waals surface area contributed by atoms with Crippen molar-refractivity contribution >= 4 is 16.7 Å². The molecule has 1 aliphatic carbocycles. The van der Waals surface area contributed by atoms with E-state index in [0.717, 1.165) is 13.0 Å². The number of nitrogens with zero attached hydrogens (tertiary/aromatic N) is 1. The quantitative estimate of drug-likeness (QED) is 0.412. The van der Waals surface area contributed by atoms with Gasteiger partial charge in [0, 0.05) is 29.8 Å². The van der Waals surface area contributed by atoms with Crippen LogP contribution in [0.5, 0.6) is 11.5 Å². The second kappa shape index (κ2) is 8.77. The van der Waals surface area contributed by atoms with Crippen molar-refractivity contribution in [2.24, 2.45) is 0 Å². The van der Waals surface area contributed by atoms with Crippen molar-refractivity contribution < 1.29 is 48.6 Å². The molecule has 1 saturated carbocycles. The van der Waals surface area contributed by atoms with E-state index >= 15 is 4.39 Å². The van der Waals surface area contributed by atoms with E-state index in [2.05, 4.69) is 9.47 Å². The van der Waals surface area contributed by atoms with Crippen LogP contribution in [0.25, 0.3) is 10.9 Å². The Morgan fingerprint density at radius 2 is 2.03 bits per heavy atom. The van der Waals surface area contributed by atoms with Gasteiger partial charge in [0.15, 0.2) is 11.5 Å². The van der Waals surface area contributed by atoms with Crippen LogP contribution in [0.4, 0.5) is 13.2 Å². The number of alkyl halides is 2. The smallest absolute Gasteiger partial charge is 0.395 e. The topological polar surface area (TPSA) is 80.9 Å². The average molecular weight is 526 g/mol. The van der Waals surface area contributed by atoms with Crippen LogP contribution in [0, 0.1) is 5.82 Å². The lowest BCUT2D eigenvalue weighted by Gasteiger charge is -2.26. The Labute approximate surface area is 223 Å². The van der Waals surface area contributed by atoms with Crippen molar-refractivity contribution in [3.63, 3.8) is 0 Å². The average Bonchev–Trinajstić information content (AvgIpc) is 3.55. The molecule has 2 heterocycles. The van der Waals surface area contributed by atoms with Crippen LogP contribution < -0.4 is 9.47 Å². The number of carbonyl (C=O) groups excluding carboxylic acids is 1. The second-order valence-corrected chi connectivity index (χ2v) is 9.61. The summed E-state index contributed by atoms with van der Waals surface area (Å²) in [5.41, 5.74) is -4.19. The van der Waals surface area contributed by atoms with Crippen LogP contribution in [0.15, 0.2) is 36.3 Å². The van der Waals surface area contributed by atoms with Gasteiger partial charge in [-0.25, -0.2) is 4.39 Å². The summed E-state index contributed by atoms with van der Waals surface area (Å²) in [6, 6.07) is 1.46. The number of aliphatic hydroxyl groups is 2. The first-order chi connectivity index (χ1) is 20.6. The van der Waals surface area contributed by atoms with Gasteiger partial charge in [-0.3, -0.25) is 4.79 Å². The fourth-order valence-corrected chi connectivity index (χ4v) is 4.63. The van der Waals surface area contributed by atoms with E-state index in [0.29, 0.717) is 0 Å².